The molecule has 2 aromatic carbocycles. The smallest absolute Gasteiger partial charge is 0.266 e. The van der Waals surface area contributed by atoms with Gasteiger partial charge in [0.25, 0.3) is 11.8 Å². The Morgan fingerprint density at radius 2 is 1.79 bits per heavy atom. The van der Waals surface area contributed by atoms with E-state index in [-0.39, 0.29) is 41.2 Å². The quantitative estimate of drug-likeness (QED) is 0.0999. The molecule has 292 valence electrons. The fraction of sp³-hybridized carbons (Fsp3) is 0.342. The molecule has 2 aliphatic rings. The molecule has 0 spiro atoms. The number of rotatable bonds is 15. The second kappa shape index (κ2) is 15.5. The average molecular weight is 786 g/mol. The van der Waals surface area contributed by atoms with E-state index in [0.29, 0.717) is 41.1 Å². The van der Waals surface area contributed by atoms with E-state index in [1.54, 1.807) is 42.3 Å². The Kier molecular flexibility index (Phi) is 10.6. The van der Waals surface area contributed by atoms with Gasteiger partial charge in [0.05, 0.1) is 46.3 Å². The topological polar surface area (TPSA) is 214 Å². The zero-order valence-electron chi connectivity index (χ0n) is 30.7. The van der Waals surface area contributed by atoms with Crippen molar-refractivity contribution in [3.8, 4) is 28.1 Å². The van der Waals surface area contributed by atoms with Gasteiger partial charge in [0.15, 0.2) is 0 Å². The number of piperidine rings is 1. The van der Waals surface area contributed by atoms with Gasteiger partial charge >= 0.3 is 0 Å². The second-order valence-electron chi connectivity index (χ2n) is 13.7. The van der Waals surface area contributed by atoms with Crippen molar-refractivity contribution in [1.82, 2.24) is 34.8 Å². The van der Waals surface area contributed by atoms with Crippen LogP contribution in [-0.4, -0.2) is 79.9 Å². The maximum Gasteiger partial charge on any atom is 0.266 e. The highest BCUT2D eigenvalue weighted by atomic mass is 32.2. The van der Waals surface area contributed by atoms with Gasteiger partial charge in [0.1, 0.15) is 29.1 Å². The van der Waals surface area contributed by atoms with Crippen molar-refractivity contribution in [3.63, 3.8) is 0 Å². The summed E-state index contributed by atoms with van der Waals surface area (Å²) in [6.45, 7) is 2.49. The molecule has 1 atom stereocenters. The van der Waals surface area contributed by atoms with E-state index < -0.39 is 45.5 Å². The van der Waals surface area contributed by atoms with Crippen molar-refractivity contribution >= 4 is 56.1 Å². The zero-order valence-corrected chi connectivity index (χ0v) is 31.6. The van der Waals surface area contributed by atoms with Crippen LogP contribution in [0.3, 0.4) is 0 Å². The molecule has 0 bridgehead atoms. The molecule has 2 aliphatic heterocycles. The zero-order chi connectivity index (χ0) is 39.7. The summed E-state index contributed by atoms with van der Waals surface area (Å²) in [6.07, 6.45) is 9.83. The van der Waals surface area contributed by atoms with Crippen molar-refractivity contribution in [3.05, 3.63) is 71.9 Å². The summed E-state index contributed by atoms with van der Waals surface area (Å²) in [4.78, 5) is 55.6. The van der Waals surface area contributed by atoms with Gasteiger partial charge in [0.2, 0.25) is 21.8 Å². The number of benzene rings is 2. The van der Waals surface area contributed by atoms with Gasteiger partial charge in [-0.05, 0) is 50.5 Å². The molecule has 56 heavy (non-hydrogen) atoms. The second-order valence-corrected chi connectivity index (χ2v) is 15.7. The minimum atomic E-state index is -3.66. The van der Waals surface area contributed by atoms with E-state index in [1.807, 2.05) is 10.9 Å². The van der Waals surface area contributed by atoms with E-state index in [4.69, 9.17) is 10.5 Å². The average Bonchev–Trinajstić information content (AvgIpc) is 3.86. The number of fused-ring (bicyclic) bond motifs is 2. The number of amides is 4. The largest absolute Gasteiger partial charge is 0.493 e. The molecule has 4 amide bonds. The fourth-order valence-electron chi connectivity index (χ4n) is 7.05. The number of ether oxygens (including phenoxy) is 1. The molecule has 18 heteroatoms. The van der Waals surface area contributed by atoms with Crippen LogP contribution in [0.2, 0.25) is 0 Å². The minimum Gasteiger partial charge on any atom is -0.493 e. The van der Waals surface area contributed by atoms with Gasteiger partial charge in [-0.15, -0.1) is 0 Å². The van der Waals surface area contributed by atoms with Crippen molar-refractivity contribution in [2.24, 2.45) is 7.05 Å². The molecule has 5 aromatic rings. The predicted molar refractivity (Wildman–Crippen MR) is 204 cm³/mol. The van der Waals surface area contributed by atoms with Crippen molar-refractivity contribution in [2.45, 2.75) is 64.5 Å². The Morgan fingerprint density at radius 3 is 2.55 bits per heavy atom. The first-order valence-corrected chi connectivity index (χ1v) is 19.9. The lowest BCUT2D eigenvalue weighted by Gasteiger charge is -2.27. The number of aromatic nitrogens is 5. The van der Waals surface area contributed by atoms with Crippen LogP contribution in [0.25, 0.3) is 33.3 Å². The number of imide groups is 2. The molecular weight excluding hydrogens is 746 g/mol. The number of sulfonamides is 1. The lowest BCUT2D eigenvalue weighted by atomic mass is 10.0. The molecule has 0 aliphatic carbocycles. The van der Waals surface area contributed by atoms with Crippen molar-refractivity contribution in [1.29, 1.82) is 0 Å². The molecule has 3 aromatic heterocycles. The molecule has 4 N–H and O–H groups in total. The van der Waals surface area contributed by atoms with Crippen LogP contribution in [0.4, 0.5) is 15.9 Å². The molecule has 7 rings (SSSR count). The summed E-state index contributed by atoms with van der Waals surface area (Å²) in [5.41, 5.74) is 9.55. The molecule has 0 radical (unpaired) electrons. The highest BCUT2D eigenvalue weighted by Crippen LogP contribution is 2.38. The van der Waals surface area contributed by atoms with Crippen LogP contribution in [0.5, 0.6) is 5.75 Å². The monoisotopic (exact) mass is 785 g/mol. The van der Waals surface area contributed by atoms with Crippen molar-refractivity contribution in [2.75, 3.05) is 22.8 Å². The van der Waals surface area contributed by atoms with Crippen LogP contribution in [-0.2, 0) is 33.2 Å². The molecule has 1 saturated heterocycles. The Labute approximate surface area is 321 Å². The van der Waals surface area contributed by atoms with Crippen LogP contribution in [0, 0.1) is 5.82 Å². The standard InChI is InChI=1S/C38H40FN9O7S/c1-3-56(53,54)45-27-13-12-22(18-26(27)39)33-32-34(46(2)44-33)25(20-41-35(32)40)23-19-42-47(21-23)16-7-5-4-6-8-17-55-29-11-9-10-24-31(29)38(52)48(37(24)51)28-14-15-30(49)43-36(28)50/h9-13,18-21,28,45H,3-8,14-17H2,1-2H3,(H2,40,41)(H,43,49,50). The van der Waals surface area contributed by atoms with E-state index in [1.165, 1.54) is 25.1 Å². The van der Waals surface area contributed by atoms with Gasteiger partial charge in [-0.2, -0.15) is 10.2 Å². The van der Waals surface area contributed by atoms with Crippen LogP contribution in [0.15, 0.2) is 55.0 Å². The van der Waals surface area contributed by atoms with Gasteiger partial charge in [0, 0.05) is 49.1 Å². The third-order valence-corrected chi connectivity index (χ3v) is 11.2. The molecular formula is C38H40FN9O7S. The number of unbranched alkanes of at least 4 members (excludes halogenated alkanes) is 4. The molecule has 5 heterocycles. The number of nitrogens with zero attached hydrogens (tertiary/aromatic N) is 6. The number of nitrogens with one attached hydrogen (secondary N) is 2. The van der Waals surface area contributed by atoms with Gasteiger partial charge < -0.3 is 10.5 Å². The summed E-state index contributed by atoms with van der Waals surface area (Å²) in [6, 6.07) is 7.93. The predicted octanol–water partition coefficient (Wildman–Crippen LogP) is 4.41. The minimum absolute atomic E-state index is 0.0496. The first-order valence-electron chi connectivity index (χ1n) is 18.3. The SMILES string of the molecule is CCS(=O)(=O)Nc1ccc(-c2nn(C)c3c(-c4cnn(CCCCCCCOc5cccc6c5C(=O)N(C5CCC(=O)NC5=O)C6=O)c4)cnc(N)c23)cc1F. The summed E-state index contributed by atoms with van der Waals surface area (Å²) < 4.78 is 50.6. The number of anilines is 2. The molecule has 1 fully saturated rings. The van der Waals surface area contributed by atoms with Gasteiger partial charge in [-0.3, -0.25) is 43.5 Å². The summed E-state index contributed by atoms with van der Waals surface area (Å²) >= 11 is 0. The first kappa shape index (κ1) is 38.1. The number of aryl methyl sites for hydroxylation is 2. The Bertz CT molecular complexity index is 2500. The number of hydrogen-bond acceptors (Lipinski definition) is 11. The van der Waals surface area contributed by atoms with E-state index >= 15 is 4.39 Å². The highest BCUT2D eigenvalue weighted by molar-refractivity contribution is 7.92. The number of carbonyl (C=O) groups excluding carboxylic acids is 4. The van der Waals surface area contributed by atoms with E-state index in [9.17, 15) is 27.6 Å². The van der Waals surface area contributed by atoms with E-state index in [2.05, 4.69) is 25.2 Å². The Morgan fingerprint density at radius 1 is 1.00 bits per heavy atom. The van der Waals surface area contributed by atoms with Crippen LogP contribution in [0.1, 0.15) is 72.6 Å². The summed E-state index contributed by atoms with van der Waals surface area (Å²) in [5.74, 6) is -2.68. The number of carbonyl (C=O) groups is 4. The number of nitrogens with two attached hydrogens (primary N) is 1. The third-order valence-electron chi connectivity index (χ3n) is 9.94. The molecule has 16 nitrogen and oxygen atoms in total. The van der Waals surface area contributed by atoms with Gasteiger partial charge in [-0.25, -0.2) is 17.8 Å². The number of nitrogen functional groups attached to an aromatic ring is 1. The fourth-order valence-corrected chi connectivity index (χ4v) is 7.70. The number of pyridine rings is 1. The van der Waals surface area contributed by atoms with Crippen molar-refractivity contribution < 1.29 is 36.7 Å². The lowest BCUT2D eigenvalue weighted by molar-refractivity contribution is -0.136. The molecule has 1 unspecified atom stereocenters. The maximum absolute atomic E-state index is 15.0. The van der Waals surface area contributed by atoms with Gasteiger partial charge in [-0.1, -0.05) is 31.4 Å². The summed E-state index contributed by atoms with van der Waals surface area (Å²) in [5, 5.41) is 11.9. The number of hydrogen-bond donors (Lipinski definition) is 3. The lowest BCUT2D eigenvalue weighted by Crippen LogP contribution is -2.54. The number of halogens is 1. The van der Waals surface area contributed by atoms with E-state index in [0.717, 1.165) is 48.1 Å². The van der Waals surface area contributed by atoms with Crippen LogP contribution < -0.4 is 20.5 Å². The Balaban J connectivity index is 0.917. The highest BCUT2D eigenvalue weighted by Gasteiger charge is 2.46. The maximum atomic E-state index is 15.0. The van der Waals surface area contributed by atoms with Crippen LogP contribution >= 0.6 is 0 Å². The Hall–Kier alpha value is -6.17. The molecule has 0 saturated carbocycles. The summed E-state index contributed by atoms with van der Waals surface area (Å²) in [7, 11) is -1.90. The normalized spacial score (nSPS) is 15.8. The third kappa shape index (κ3) is 7.43. The first-order chi connectivity index (χ1) is 26.9.